The van der Waals surface area contributed by atoms with Gasteiger partial charge < -0.3 is 30.0 Å². The summed E-state index contributed by atoms with van der Waals surface area (Å²) in [6.45, 7) is 3.57. The molecular formula is C28H30N6O5. The van der Waals surface area contributed by atoms with Crippen molar-refractivity contribution in [1.82, 2.24) is 25.3 Å². The Morgan fingerprint density at radius 2 is 1.90 bits per heavy atom. The zero-order valence-electron chi connectivity index (χ0n) is 21.9. The number of amides is 4. The number of hydrogen-bond acceptors (Lipinski definition) is 7. The number of rotatable bonds is 4. The van der Waals surface area contributed by atoms with Crippen molar-refractivity contribution in [1.29, 1.82) is 0 Å². The van der Waals surface area contributed by atoms with Crippen molar-refractivity contribution in [2.45, 2.75) is 18.5 Å². The van der Waals surface area contributed by atoms with Crippen molar-refractivity contribution in [3.8, 4) is 17.6 Å². The number of imide groups is 1. The first-order valence-electron chi connectivity index (χ1n) is 12.7. The number of hydrogen-bond donors (Lipinski definition) is 3. The van der Waals surface area contributed by atoms with E-state index in [2.05, 4.69) is 44.5 Å². The summed E-state index contributed by atoms with van der Waals surface area (Å²) < 4.78 is 5.23. The molecule has 0 spiro atoms. The Morgan fingerprint density at radius 1 is 1.10 bits per heavy atom. The first-order chi connectivity index (χ1) is 18.8. The van der Waals surface area contributed by atoms with E-state index in [0.29, 0.717) is 22.7 Å². The molecule has 11 nitrogen and oxygen atoms in total. The van der Waals surface area contributed by atoms with E-state index in [-0.39, 0.29) is 19.0 Å². The van der Waals surface area contributed by atoms with Gasteiger partial charge in [-0.1, -0.05) is 23.1 Å². The Hall–Kier alpha value is -4.56. The summed E-state index contributed by atoms with van der Waals surface area (Å²) in [5, 5.41) is 18.1. The fourth-order valence-electron chi connectivity index (χ4n) is 5.06. The third kappa shape index (κ3) is 5.24. The first kappa shape index (κ1) is 26.1. The summed E-state index contributed by atoms with van der Waals surface area (Å²) in [5.74, 6) is 6.08. The van der Waals surface area contributed by atoms with Gasteiger partial charge in [-0.2, -0.15) is 0 Å². The number of carbonyl (C=O) groups is 3. The molecule has 2 aromatic carbocycles. The van der Waals surface area contributed by atoms with Gasteiger partial charge in [-0.3, -0.25) is 14.9 Å². The molecule has 2 saturated heterocycles. The van der Waals surface area contributed by atoms with Gasteiger partial charge in [0.05, 0.1) is 13.7 Å². The van der Waals surface area contributed by atoms with E-state index in [4.69, 9.17) is 4.74 Å². The third-order valence-corrected chi connectivity index (χ3v) is 7.24. The van der Waals surface area contributed by atoms with Crippen molar-refractivity contribution in [2.24, 2.45) is 5.16 Å². The fraction of sp³-hybridized carbons (Fsp3) is 0.357. The lowest BCUT2D eigenvalue weighted by Crippen LogP contribution is -2.54. The quantitative estimate of drug-likeness (QED) is 0.135. The molecule has 1 atom stereocenters. The number of amidine groups is 1. The van der Waals surface area contributed by atoms with Crippen LogP contribution in [0.2, 0.25) is 0 Å². The maximum absolute atomic E-state index is 13.1. The van der Waals surface area contributed by atoms with E-state index < -0.39 is 17.5 Å². The highest BCUT2D eigenvalue weighted by molar-refractivity contribution is 6.10. The number of likely N-dealkylation sites (N-methyl/N-ethyl adjacent to an activating group) is 1. The highest BCUT2D eigenvalue weighted by Crippen LogP contribution is 2.28. The number of benzene rings is 2. The zero-order chi connectivity index (χ0) is 27.6. The Kier molecular flexibility index (Phi) is 7.13. The van der Waals surface area contributed by atoms with E-state index >= 15 is 0 Å². The number of oxime groups is 1. The lowest BCUT2D eigenvalue weighted by atomic mass is 9.99. The molecule has 2 aromatic rings. The van der Waals surface area contributed by atoms with Crippen LogP contribution in [0.5, 0.6) is 5.75 Å². The van der Waals surface area contributed by atoms with Gasteiger partial charge >= 0.3 is 6.03 Å². The van der Waals surface area contributed by atoms with E-state index in [1.165, 1.54) is 12.0 Å². The SMILES string of the molecule is COc1ccc2c(c1)C(=O)N(C[C@@]1(C#Cc3ccc(C(=NO)N4CCCN(C)CC4)cc3)NC(=O)NC1=O)C2. The van der Waals surface area contributed by atoms with Crippen molar-refractivity contribution < 1.29 is 24.3 Å². The standard InChI is InChI=1S/C28H30N6O5/c1-32-12-3-13-33(15-14-32)24(31-38)20-6-4-19(5-7-20)10-11-28(26(36)29-27(37)30-28)18-34-17-21-8-9-22(39-2)16-23(21)25(34)35/h4-9,16,38H,3,12-15,17-18H2,1-2H3,(H2,29,30,36,37)/t28-/m1/s1. The summed E-state index contributed by atoms with van der Waals surface area (Å²) in [6, 6.07) is 11.7. The molecule has 0 radical (unpaired) electrons. The van der Waals surface area contributed by atoms with Crippen LogP contribution in [0.3, 0.4) is 0 Å². The minimum Gasteiger partial charge on any atom is -0.497 e. The second kappa shape index (κ2) is 10.7. The van der Waals surface area contributed by atoms with Crippen molar-refractivity contribution in [3.63, 3.8) is 0 Å². The van der Waals surface area contributed by atoms with Gasteiger partial charge in [-0.05, 0) is 62.0 Å². The Labute approximate surface area is 226 Å². The lowest BCUT2D eigenvalue weighted by molar-refractivity contribution is -0.122. The highest BCUT2D eigenvalue weighted by Gasteiger charge is 2.48. The molecule has 0 aromatic heterocycles. The molecule has 0 unspecified atom stereocenters. The Balaban J connectivity index is 1.36. The smallest absolute Gasteiger partial charge is 0.323 e. The molecule has 0 aliphatic carbocycles. The van der Waals surface area contributed by atoms with E-state index in [0.717, 1.165) is 43.7 Å². The second-order valence-electron chi connectivity index (χ2n) is 9.89. The van der Waals surface area contributed by atoms with Crippen LogP contribution in [0, 0.1) is 11.8 Å². The summed E-state index contributed by atoms with van der Waals surface area (Å²) in [6.07, 6.45) is 0.965. The van der Waals surface area contributed by atoms with Crippen LogP contribution in [-0.2, 0) is 11.3 Å². The average molecular weight is 531 g/mol. The third-order valence-electron chi connectivity index (χ3n) is 7.24. The molecule has 0 saturated carbocycles. The Bertz CT molecular complexity index is 1400. The maximum Gasteiger partial charge on any atom is 0.323 e. The summed E-state index contributed by atoms with van der Waals surface area (Å²) >= 11 is 0. The van der Waals surface area contributed by atoms with Crippen LogP contribution in [0.15, 0.2) is 47.6 Å². The monoisotopic (exact) mass is 530 g/mol. The number of nitrogens with zero attached hydrogens (tertiary/aromatic N) is 4. The predicted octanol–water partition coefficient (Wildman–Crippen LogP) is 1.05. The summed E-state index contributed by atoms with van der Waals surface area (Å²) in [5.41, 5.74) is 1.04. The molecule has 3 aliphatic rings. The molecule has 2 fully saturated rings. The van der Waals surface area contributed by atoms with Gasteiger partial charge in [0.25, 0.3) is 11.8 Å². The molecule has 11 heteroatoms. The Morgan fingerprint density at radius 3 is 2.59 bits per heavy atom. The number of carbonyl (C=O) groups excluding carboxylic acids is 3. The van der Waals surface area contributed by atoms with Crippen LogP contribution in [0.25, 0.3) is 0 Å². The lowest BCUT2D eigenvalue weighted by Gasteiger charge is -2.26. The van der Waals surface area contributed by atoms with Gasteiger partial charge in [-0.15, -0.1) is 0 Å². The first-order valence-corrected chi connectivity index (χ1v) is 12.7. The van der Waals surface area contributed by atoms with Crippen LogP contribution < -0.4 is 15.4 Å². The van der Waals surface area contributed by atoms with Crippen LogP contribution in [0.1, 0.15) is 33.5 Å². The average Bonchev–Trinajstić information content (AvgIpc) is 3.28. The number of methoxy groups -OCH3 is 1. The van der Waals surface area contributed by atoms with E-state index in [1.54, 1.807) is 24.3 Å². The number of urea groups is 1. The summed E-state index contributed by atoms with van der Waals surface area (Å²) in [7, 11) is 3.60. The van der Waals surface area contributed by atoms with Crippen molar-refractivity contribution in [3.05, 3.63) is 64.7 Å². The molecule has 4 amide bonds. The largest absolute Gasteiger partial charge is 0.497 e. The minimum absolute atomic E-state index is 0.115. The van der Waals surface area contributed by atoms with Gasteiger partial charge in [0, 0.05) is 42.9 Å². The van der Waals surface area contributed by atoms with E-state index in [9.17, 15) is 19.6 Å². The predicted molar refractivity (Wildman–Crippen MR) is 142 cm³/mol. The van der Waals surface area contributed by atoms with Gasteiger partial charge in [0.2, 0.25) is 5.54 Å². The maximum atomic E-state index is 13.1. The molecule has 39 heavy (non-hydrogen) atoms. The van der Waals surface area contributed by atoms with Gasteiger partial charge in [0.15, 0.2) is 5.84 Å². The molecule has 3 N–H and O–H groups in total. The van der Waals surface area contributed by atoms with Gasteiger partial charge in [0.1, 0.15) is 5.75 Å². The van der Waals surface area contributed by atoms with Crippen LogP contribution in [-0.4, -0.2) is 96.0 Å². The molecule has 202 valence electrons. The molecule has 3 heterocycles. The number of nitrogens with one attached hydrogen (secondary N) is 2. The highest BCUT2D eigenvalue weighted by atomic mass is 16.5. The minimum atomic E-state index is -1.60. The zero-order valence-corrected chi connectivity index (χ0v) is 21.9. The van der Waals surface area contributed by atoms with Gasteiger partial charge in [-0.25, -0.2) is 4.79 Å². The fourth-order valence-corrected chi connectivity index (χ4v) is 5.06. The molecule has 0 bridgehead atoms. The van der Waals surface area contributed by atoms with Crippen LogP contribution in [0.4, 0.5) is 4.79 Å². The number of fused-ring (bicyclic) bond motifs is 1. The normalized spacial score (nSPS) is 21.6. The second-order valence-corrected chi connectivity index (χ2v) is 9.89. The van der Waals surface area contributed by atoms with E-state index in [1.807, 2.05) is 18.2 Å². The van der Waals surface area contributed by atoms with Crippen LogP contribution >= 0.6 is 0 Å². The topological polar surface area (TPSA) is 127 Å². The van der Waals surface area contributed by atoms with Crippen molar-refractivity contribution >= 4 is 23.7 Å². The van der Waals surface area contributed by atoms with Crippen molar-refractivity contribution in [2.75, 3.05) is 46.9 Å². The summed E-state index contributed by atoms with van der Waals surface area (Å²) in [4.78, 5) is 43.9. The number of ether oxygens (including phenoxy) is 1. The molecule has 3 aliphatic heterocycles. The molecular weight excluding hydrogens is 500 g/mol. The molecule has 5 rings (SSSR count).